The van der Waals surface area contributed by atoms with Crippen LogP contribution in [0.1, 0.15) is 29.0 Å². The molecule has 0 unspecified atom stereocenters. The highest BCUT2D eigenvalue weighted by molar-refractivity contribution is 5.88. The number of carboxylic acids is 1. The maximum Gasteiger partial charge on any atom is 0.356 e. The number of carbonyl (C=O) groups is 1. The summed E-state index contributed by atoms with van der Waals surface area (Å²) >= 11 is 0. The number of aromatic carboxylic acids is 1. The van der Waals surface area contributed by atoms with Crippen molar-refractivity contribution < 1.29 is 9.90 Å². The van der Waals surface area contributed by atoms with Crippen molar-refractivity contribution in [3.8, 4) is 0 Å². The standard InChI is InChI=1S/C11H12N4O2/c1-6-10(11(16)17)15-9(12-6)5-4-8(14-15)13-7-2-3-7/h4-5,7H,2-3H2,1H3,(H,13,14)(H,16,17). The van der Waals surface area contributed by atoms with Crippen LogP contribution in [-0.2, 0) is 0 Å². The molecule has 6 nitrogen and oxygen atoms in total. The Balaban J connectivity index is 2.11. The van der Waals surface area contributed by atoms with Gasteiger partial charge in [0.15, 0.2) is 11.3 Å². The highest BCUT2D eigenvalue weighted by Gasteiger charge is 2.22. The van der Waals surface area contributed by atoms with E-state index in [9.17, 15) is 4.79 Å². The van der Waals surface area contributed by atoms with Gasteiger partial charge in [0.1, 0.15) is 5.82 Å². The third-order valence-corrected chi connectivity index (χ3v) is 2.78. The summed E-state index contributed by atoms with van der Waals surface area (Å²) in [6.45, 7) is 1.67. The smallest absolute Gasteiger partial charge is 0.356 e. The maximum absolute atomic E-state index is 11.1. The van der Waals surface area contributed by atoms with Crippen LogP contribution in [-0.4, -0.2) is 31.7 Å². The lowest BCUT2D eigenvalue weighted by atomic mass is 10.3. The maximum atomic E-state index is 11.1. The molecule has 3 rings (SSSR count). The zero-order chi connectivity index (χ0) is 12.0. The summed E-state index contributed by atoms with van der Waals surface area (Å²) in [6, 6.07) is 4.08. The number of fused-ring (bicyclic) bond motifs is 1. The summed E-state index contributed by atoms with van der Waals surface area (Å²) in [5, 5.41) is 16.6. The van der Waals surface area contributed by atoms with Crippen molar-refractivity contribution in [3.05, 3.63) is 23.5 Å². The number of hydrogen-bond donors (Lipinski definition) is 2. The highest BCUT2D eigenvalue weighted by atomic mass is 16.4. The molecule has 2 heterocycles. The Bertz CT molecular complexity index is 601. The lowest BCUT2D eigenvalue weighted by Crippen LogP contribution is -2.09. The number of aryl methyl sites for hydroxylation is 1. The van der Waals surface area contributed by atoms with Gasteiger partial charge in [0.2, 0.25) is 0 Å². The molecule has 2 aromatic rings. The third-order valence-electron chi connectivity index (χ3n) is 2.78. The van der Waals surface area contributed by atoms with Gasteiger partial charge in [-0.25, -0.2) is 14.3 Å². The topological polar surface area (TPSA) is 79.5 Å². The van der Waals surface area contributed by atoms with Crippen LogP contribution in [0.4, 0.5) is 5.82 Å². The van der Waals surface area contributed by atoms with Gasteiger partial charge in [-0.15, -0.1) is 5.10 Å². The van der Waals surface area contributed by atoms with E-state index in [0.717, 1.165) is 12.8 Å². The van der Waals surface area contributed by atoms with Crippen LogP contribution in [0.3, 0.4) is 0 Å². The molecule has 6 heteroatoms. The van der Waals surface area contributed by atoms with Gasteiger partial charge in [-0.3, -0.25) is 0 Å². The van der Waals surface area contributed by atoms with Crippen LogP contribution < -0.4 is 5.32 Å². The van der Waals surface area contributed by atoms with Gasteiger partial charge in [-0.2, -0.15) is 0 Å². The molecular formula is C11H12N4O2. The number of carboxylic acid groups (broad SMARTS) is 1. The largest absolute Gasteiger partial charge is 0.476 e. The second-order valence-electron chi connectivity index (χ2n) is 4.26. The fourth-order valence-corrected chi connectivity index (χ4v) is 1.80. The summed E-state index contributed by atoms with van der Waals surface area (Å²) in [5.74, 6) is -0.314. The fourth-order valence-electron chi connectivity index (χ4n) is 1.80. The van der Waals surface area contributed by atoms with E-state index in [0.29, 0.717) is 23.2 Å². The minimum atomic E-state index is -1.01. The first-order chi connectivity index (χ1) is 8.15. The predicted octanol–water partition coefficient (Wildman–Crippen LogP) is 1.31. The number of hydrogen-bond acceptors (Lipinski definition) is 4. The van der Waals surface area contributed by atoms with E-state index in [1.165, 1.54) is 4.52 Å². The van der Waals surface area contributed by atoms with Crippen molar-refractivity contribution in [1.29, 1.82) is 0 Å². The molecule has 88 valence electrons. The molecule has 2 N–H and O–H groups in total. The number of anilines is 1. The van der Waals surface area contributed by atoms with Crippen molar-refractivity contribution in [2.75, 3.05) is 5.32 Å². The molecule has 17 heavy (non-hydrogen) atoms. The summed E-state index contributed by atoms with van der Waals surface area (Å²) in [6.07, 6.45) is 2.29. The molecule has 1 fully saturated rings. The van der Waals surface area contributed by atoms with Crippen LogP contribution >= 0.6 is 0 Å². The highest BCUT2D eigenvalue weighted by Crippen LogP contribution is 2.24. The number of nitrogens with zero attached hydrogens (tertiary/aromatic N) is 3. The van der Waals surface area contributed by atoms with Gasteiger partial charge in [-0.1, -0.05) is 0 Å². The number of imidazole rings is 1. The van der Waals surface area contributed by atoms with E-state index in [4.69, 9.17) is 5.11 Å². The van der Waals surface area contributed by atoms with E-state index in [1.807, 2.05) is 6.07 Å². The molecule has 1 aliphatic carbocycles. The van der Waals surface area contributed by atoms with E-state index in [-0.39, 0.29) is 5.69 Å². The van der Waals surface area contributed by atoms with Gasteiger partial charge in [0.05, 0.1) is 5.69 Å². The Morgan fingerprint density at radius 2 is 2.29 bits per heavy atom. The van der Waals surface area contributed by atoms with Crippen molar-refractivity contribution in [3.63, 3.8) is 0 Å². The van der Waals surface area contributed by atoms with E-state index in [1.54, 1.807) is 13.0 Å². The Hall–Kier alpha value is -2.11. The van der Waals surface area contributed by atoms with Crippen molar-refractivity contribution >= 4 is 17.4 Å². The molecule has 0 radical (unpaired) electrons. The summed E-state index contributed by atoms with van der Waals surface area (Å²) < 4.78 is 1.38. The average molecular weight is 232 g/mol. The molecule has 1 saturated carbocycles. The molecule has 0 saturated heterocycles. The molecule has 1 aliphatic rings. The minimum absolute atomic E-state index is 0.124. The average Bonchev–Trinajstić information content (AvgIpc) is 2.99. The quantitative estimate of drug-likeness (QED) is 0.834. The van der Waals surface area contributed by atoms with Crippen LogP contribution in [0, 0.1) is 6.92 Å². The van der Waals surface area contributed by atoms with Gasteiger partial charge >= 0.3 is 5.97 Å². The number of aromatic nitrogens is 3. The predicted molar refractivity (Wildman–Crippen MR) is 61.3 cm³/mol. The van der Waals surface area contributed by atoms with E-state index >= 15 is 0 Å². The van der Waals surface area contributed by atoms with Crippen molar-refractivity contribution in [2.45, 2.75) is 25.8 Å². The molecule has 0 bridgehead atoms. The molecule has 0 atom stereocenters. The SMILES string of the molecule is Cc1nc2ccc(NC3CC3)nn2c1C(=O)O. The fraction of sp³-hybridized carbons (Fsp3) is 0.364. The van der Waals surface area contributed by atoms with E-state index in [2.05, 4.69) is 15.4 Å². The number of nitrogens with one attached hydrogen (secondary N) is 1. The van der Waals surface area contributed by atoms with Gasteiger partial charge in [0.25, 0.3) is 0 Å². The number of rotatable bonds is 3. The summed E-state index contributed by atoms with van der Waals surface area (Å²) in [5.41, 5.74) is 1.16. The van der Waals surface area contributed by atoms with Crippen LogP contribution in [0.2, 0.25) is 0 Å². The monoisotopic (exact) mass is 232 g/mol. The summed E-state index contributed by atoms with van der Waals surface area (Å²) in [7, 11) is 0. The van der Waals surface area contributed by atoms with Crippen molar-refractivity contribution in [1.82, 2.24) is 14.6 Å². The minimum Gasteiger partial charge on any atom is -0.476 e. The third kappa shape index (κ3) is 1.71. The van der Waals surface area contributed by atoms with Gasteiger partial charge < -0.3 is 10.4 Å². The molecular weight excluding hydrogens is 220 g/mol. The van der Waals surface area contributed by atoms with Crippen LogP contribution in [0.5, 0.6) is 0 Å². The van der Waals surface area contributed by atoms with Crippen LogP contribution in [0.25, 0.3) is 5.65 Å². The Labute approximate surface area is 97.3 Å². The van der Waals surface area contributed by atoms with E-state index < -0.39 is 5.97 Å². The van der Waals surface area contributed by atoms with Crippen molar-refractivity contribution in [2.24, 2.45) is 0 Å². The normalized spacial score (nSPS) is 15.1. The lowest BCUT2D eigenvalue weighted by Gasteiger charge is -2.03. The molecule has 2 aromatic heterocycles. The molecule has 0 aromatic carbocycles. The Morgan fingerprint density at radius 3 is 2.94 bits per heavy atom. The molecule has 0 aliphatic heterocycles. The lowest BCUT2D eigenvalue weighted by molar-refractivity contribution is 0.0687. The zero-order valence-electron chi connectivity index (χ0n) is 9.34. The Morgan fingerprint density at radius 1 is 1.53 bits per heavy atom. The zero-order valence-corrected chi connectivity index (χ0v) is 9.34. The van der Waals surface area contributed by atoms with Gasteiger partial charge in [0, 0.05) is 6.04 Å². The molecule has 0 amide bonds. The second kappa shape index (κ2) is 3.44. The first kappa shape index (κ1) is 10.1. The first-order valence-electron chi connectivity index (χ1n) is 5.51. The molecule has 0 spiro atoms. The van der Waals surface area contributed by atoms with Gasteiger partial charge in [-0.05, 0) is 31.9 Å². The first-order valence-corrected chi connectivity index (χ1v) is 5.51. The summed E-state index contributed by atoms with van der Waals surface area (Å²) in [4.78, 5) is 15.3. The van der Waals surface area contributed by atoms with Crippen LogP contribution in [0.15, 0.2) is 12.1 Å². The Kier molecular flexibility index (Phi) is 2.04. The second-order valence-corrected chi connectivity index (χ2v) is 4.26.